The van der Waals surface area contributed by atoms with Crippen LogP contribution >= 0.6 is 0 Å². The molecule has 0 saturated heterocycles. The molecule has 4 rings (SSSR count). The molecule has 142 valence electrons. The van der Waals surface area contributed by atoms with E-state index in [0.29, 0.717) is 23.0 Å². The van der Waals surface area contributed by atoms with Crippen LogP contribution in [0.5, 0.6) is 5.75 Å². The number of nitrogens with zero attached hydrogens (tertiary/aromatic N) is 5. The number of hydrogen-bond donors (Lipinski definition) is 0. The Hall–Kier alpha value is -3.75. The molecule has 0 fully saturated rings. The van der Waals surface area contributed by atoms with Crippen molar-refractivity contribution < 1.29 is 18.6 Å². The third-order valence-electron chi connectivity index (χ3n) is 4.24. The monoisotopic (exact) mass is 379 g/mol. The van der Waals surface area contributed by atoms with Crippen molar-refractivity contribution in [3.8, 4) is 5.75 Å². The summed E-state index contributed by atoms with van der Waals surface area (Å²) in [5, 5.41) is 9.39. The Balaban J connectivity index is 1.42. The number of benzene rings is 1. The Bertz CT molecular complexity index is 1110. The first-order valence-corrected chi connectivity index (χ1v) is 8.55. The Kier molecular flexibility index (Phi) is 4.71. The van der Waals surface area contributed by atoms with E-state index in [0.717, 1.165) is 10.8 Å². The number of oxazole rings is 1. The number of rotatable bonds is 6. The molecule has 0 saturated carbocycles. The highest BCUT2D eigenvalue weighted by atomic mass is 16.6. The minimum absolute atomic E-state index is 0.102. The number of ether oxygens (including phenoxy) is 1. The third kappa shape index (κ3) is 3.54. The fourth-order valence-corrected chi connectivity index (χ4v) is 2.72. The van der Waals surface area contributed by atoms with Crippen LogP contribution in [0, 0.1) is 6.92 Å². The van der Waals surface area contributed by atoms with E-state index in [-0.39, 0.29) is 24.8 Å². The van der Waals surface area contributed by atoms with Crippen molar-refractivity contribution in [1.82, 2.24) is 25.2 Å². The lowest BCUT2D eigenvalue weighted by molar-refractivity contribution is 0.0776. The van der Waals surface area contributed by atoms with E-state index < -0.39 is 0 Å². The summed E-state index contributed by atoms with van der Waals surface area (Å²) in [5.41, 5.74) is 1.42. The molecule has 0 bridgehead atoms. The van der Waals surface area contributed by atoms with E-state index in [1.54, 1.807) is 26.4 Å². The summed E-state index contributed by atoms with van der Waals surface area (Å²) in [4.78, 5) is 22.3. The van der Waals surface area contributed by atoms with Gasteiger partial charge in [-0.3, -0.25) is 9.78 Å². The van der Waals surface area contributed by atoms with Crippen LogP contribution in [0.25, 0.3) is 10.8 Å². The first kappa shape index (κ1) is 17.7. The van der Waals surface area contributed by atoms with Crippen LogP contribution in [0.1, 0.15) is 27.8 Å². The Morgan fingerprint density at radius 1 is 1.25 bits per heavy atom. The van der Waals surface area contributed by atoms with Crippen LogP contribution in [0.15, 0.2) is 52.0 Å². The first-order chi connectivity index (χ1) is 13.6. The number of aromatic nitrogens is 4. The molecule has 0 unspecified atom stereocenters. The second kappa shape index (κ2) is 7.47. The summed E-state index contributed by atoms with van der Waals surface area (Å²) in [5.74, 6) is 0.702. The van der Waals surface area contributed by atoms with Crippen molar-refractivity contribution in [2.75, 3.05) is 7.05 Å². The highest BCUT2D eigenvalue weighted by Gasteiger charge is 2.19. The fourth-order valence-electron chi connectivity index (χ4n) is 2.72. The molecule has 0 spiro atoms. The van der Waals surface area contributed by atoms with Gasteiger partial charge in [0, 0.05) is 30.2 Å². The standard InChI is InChI=1S/C19H17N5O4/c1-12-15(23-28-22-12)9-24(2)19(25)16-10-27-18(21-16)11-26-17-5-3-4-13-8-20-7-6-14(13)17/h3-8,10H,9,11H2,1-2H3. The minimum Gasteiger partial charge on any atom is -0.483 e. The molecule has 28 heavy (non-hydrogen) atoms. The van der Waals surface area contributed by atoms with Crippen LogP contribution in [0.4, 0.5) is 0 Å². The lowest BCUT2D eigenvalue weighted by Gasteiger charge is -2.13. The Morgan fingerprint density at radius 3 is 2.96 bits per heavy atom. The summed E-state index contributed by atoms with van der Waals surface area (Å²) >= 11 is 0. The normalized spacial score (nSPS) is 10.9. The van der Waals surface area contributed by atoms with Crippen LogP contribution in [0.3, 0.4) is 0 Å². The van der Waals surface area contributed by atoms with Crippen molar-refractivity contribution in [3.63, 3.8) is 0 Å². The summed E-state index contributed by atoms with van der Waals surface area (Å²) in [6, 6.07) is 7.59. The van der Waals surface area contributed by atoms with Crippen molar-refractivity contribution in [3.05, 3.63) is 65.9 Å². The average Bonchev–Trinajstić information content (AvgIpc) is 3.35. The highest BCUT2D eigenvalue weighted by molar-refractivity contribution is 5.91. The second-order valence-electron chi connectivity index (χ2n) is 6.23. The molecule has 0 aliphatic heterocycles. The maximum absolute atomic E-state index is 12.5. The molecule has 0 radical (unpaired) electrons. The topological polar surface area (TPSA) is 107 Å². The molecular weight excluding hydrogens is 362 g/mol. The minimum atomic E-state index is -0.298. The molecule has 0 aliphatic carbocycles. The number of pyridine rings is 1. The second-order valence-corrected chi connectivity index (χ2v) is 6.23. The summed E-state index contributed by atoms with van der Waals surface area (Å²) < 4.78 is 15.9. The van der Waals surface area contributed by atoms with E-state index in [1.807, 2.05) is 24.3 Å². The maximum atomic E-state index is 12.5. The zero-order valence-corrected chi connectivity index (χ0v) is 15.3. The largest absolute Gasteiger partial charge is 0.483 e. The number of carbonyl (C=O) groups is 1. The van der Waals surface area contributed by atoms with Crippen molar-refractivity contribution in [1.29, 1.82) is 0 Å². The van der Waals surface area contributed by atoms with E-state index in [1.165, 1.54) is 11.2 Å². The van der Waals surface area contributed by atoms with Crippen LogP contribution in [0.2, 0.25) is 0 Å². The summed E-state index contributed by atoms with van der Waals surface area (Å²) in [6.45, 7) is 2.13. The van der Waals surface area contributed by atoms with Gasteiger partial charge >= 0.3 is 0 Å². The fraction of sp³-hybridized carbons (Fsp3) is 0.211. The molecule has 1 aromatic carbocycles. The van der Waals surface area contributed by atoms with Crippen LogP contribution < -0.4 is 4.74 Å². The van der Waals surface area contributed by atoms with Gasteiger partial charge in [-0.25, -0.2) is 9.61 Å². The van der Waals surface area contributed by atoms with Gasteiger partial charge in [0.25, 0.3) is 5.91 Å². The zero-order chi connectivity index (χ0) is 19.5. The van der Waals surface area contributed by atoms with Gasteiger partial charge in [0.05, 0.1) is 6.54 Å². The molecule has 1 amide bonds. The van der Waals surface area contributed by atoms with E-state index in [4.69, 9.17) is 9.15 Å². The highest BCUT2D eigenvalue weighted by Crippen LogP contribution is 2.25. The van der Waals surface area contributed by atoms with Crippen LogP contribution in [-0.4, -0.2) is 38.1 Å². The molecule has 9 heteroatoms. The van der Waals surface area contributed by atoms with Gasteiger partial charge in [-0.2, -0.15) is 0 Å². The lowest BCUT2D eigenvalue weighted by atomic mass is 10.1. The smallest absolute Gasteiger partial charge is 0.275 e. The molecule has 3 aromatic heterocycles. The quantitative estimate of drug-likeness (QED) is 0.503. The number of amides is 1. The summed E-state index contributed by atoms with van der Waals surface area (Å²) in [7, 11) is 1.64. The van der Waals surface area contributed by atoms with Gasteiger partial charge in [-0.1, -0.05) is 22.4 Å². The number of fused-ring (bicyclic) bond motifs is 1. The molecule has 4 aromatic rings. The summed E-state index contributed by atoms with van der Waals surface area (Å²) in [6.07, 6.45) is 4.80. The van der Waals surface area contributed by atoms with E-state index >= 15 is 0 Å². The van der Waals surface area contributed by atoms with Gasteiger partial charge in [-0.15, -0.1) is 0 Å². The number of hydrogen-bond acceptors (Lipinski definition) is 8. The first-order valence-electron chi connectivity index (χ1n) is 8.55. The third-order valence-corrected chi connectivity index (χ3v) is 4.24. The van der Waals surface area contributed by atoms with Gasteiger partial charge in [0.2, 0.25) is 5.89 Å². The van der Waals surface area contributed by atoms with Gasteiger partial charge < -0.3 is 14.1 Å². The van der Waals surface area contributed by atoms with Gasteiger partial charge in [0.1, 0.15) is 23.4 Å². The predicted molar refractivity (Wildman–Crippen MR) is 97.4 cm³/mol. The predicted octanol–water partition coefficient (Wildman–Crippen LogP) is 2.77. The van der Waals surface area contributed by atoms with Crippen molar-refractivity contribution >= 4 is 16.7 Å². The van der Waals surface area contributed by atoms with Crippen molar-refractivity contribution in [2.24, 2.45) is 0 Å². The SMILES string of the molecule is Cc1nonc1CN(C)C(=O)c1coc(COc2cccc3cnccc23)n1. The van der Waals surface area contributed by atoms with Crippen LogP contribution in [-0.2, 0) is 13.2 Å². The Labute approximate surface area is 159 Å². The number of carbonyl (C=O) groups excluding carboxylic acids is 1. The molecule has 0 atom stereocenters. The Morgan fingerprint density at radius 2 is 2.14 bits per heavy atom. The van der Waals surface area contributed by atoms with Gasteiger partial charge in [-0.05, 0) is 19.1 Å². The maximum Gasteiger partial charge on any atom is 0.275 e. The van der Waals surface area contributed by atoms with Crippen molar-refractivity contribution in [2.45, 2.75) is 20.1 Å². The number of aryl methyl sites for hydroxylation is 1. The van der Waals surface area contributed by atoms with E-state index in [2.05, 4.69) is 24.9 Å². The lowest BCUT2D eigenvalue weighted by Crippen LogP contribution is -2.27. The molecule has 0 N–H and O–H groups in total. The van der Waals surface area contributed by atoms with E-state index in [9.17, 15) is 4.79 Å². The molecule has 0 aliphatic rings. The molecule has 3 heterocycles. The zero-order valence-electron chi connectivity index (χ0n) is 15.3. The van der Waals surface area contributed by atoms with Gasteiger partial charge in [0.15, 0.2) is 12.3 Å². The average molecular weight is 379 g/mol. The molecule has 9 nitrogen and oxygen atoms in total. The molecular formula is C19H17N5O4.